The van der Waals surface area contributed by atoms with Crippen LogP contribution in [0.4, 0.5) is 9.59 Å². The molecule has 3 aromatic carbocycles. The number of hydrogen-bond donors (Lipinski definition) is 3. The summed E-state index contributed by atoms with van der Waals surface area (Å²) in [5.74, 6) is -2.02. The van der Waals surface area contributed by atoms with Gasteiger partial charge in [-0.05, 0) is 63.6 Å². The van der Waals surface area contributed by atoms with Gasteiger partial charge in [0.05, 0.1) is 0 Å². The first kappa shape index (κ1) is 38.1. The Balaban J connectivity index is 1.64. The Morgan fingerprint density at radius 3 is 1.49 bits per heavy atom. The number of carbonyl (C=O) groups excluding carboxylic acids is 5. The van der Waals surface area contributed by atoms with Crippen LogP contribution in [0.1, 0.15) is 63.6 Å². The number of amides is 3. The molecular weight excluding hydrogens is 630 g/mol. The summed E-state index contributed by atoms with van der Waals surface area (Å²) >= 11 is 0. The molecule has 3 N–H and O–H groups in total. The number of alkyl carbamates (subject to hydrolysis) is 2. The first-order chi connectivity index (χ1) is 23.4. The molecule has 0 saturated heterocycles. The van der Waals surface area contributed by atoms with Crippen molar-refractivity contribution < 1.29 is 42.9 Å². The van der Waals surface area contributed by atoms with E-state index in [0.29, 0.717) is 0 Å². The van der Waals surface area contributed by atoms with Crippen molar-refractivity contribution in [3.05, 3.63) is 108 Å². The van der Waals surface area contributed by atoms with Gasteiger partial charge in [0.2, 0.25) is 5.91 Å². The lowest BCUT2D eigenvalue weighted by Crippen LogP contribution is -2.52. The standard InChI is InChI=1S/C37H45N3O9/c1-26(33(42)46-23-27-15-8-5-9-16-27)38-32(41)30(39-36(45)49-37(2,3)4)21-14-22-31(34(43)47-24-28-17-10-6-11-18-28)40-35(44)48-25-29-19-12-7-13-20-29/h5-13,15-20,26,30-31H,14,21-25H2,1-4H3,(H,38,41)(H,39,45)(H,40,44)/t26-,30+,31-/m1/s1. The van der Waals surface area contributed by atoms with Crippen LogP contribution >= 0.6 is 0 Å². The zero-order valence-corrected chi connectivity index (χ0v) is 28.3. The molecule has 0 spiro atoms. The number of esters is 2. The van der Waals surface area contributed by atoms with Crippen molar-refractivity contribution in [3.63, 3.8) is 0 Å². The van der Waals surface area contributed by atoms with Gasteiger partial charge in [-0.2, -0.15) is 0 Å². The van der Waals surface area contributed by atoms with Crippen molar-refractivity contribution >= 4 is 30.0 Å². The van der Waals surface area contributed by atoms with Gasteiger partial charge in [-0.3, -0.25) is 4.79 Å². The van der Waals surface area contributed by atoms with E-state index in [-0.39, 0.29) is 39.1 Å². The maximum absolute atomic E-state index is 13.3. The fourth-order valence-corrected chi connectivity index (χ4v) is 4.46. The molecule has 0 radical (unpaired) electrons. The smallest absolute Gasteiger partial charge is 0.408 e. The Hall–Kier alpha value is -5.39. The van der Waals surface area contributed by atoms with Crippen LogP contribution in [-0.2, 0) is 53.2 Å². The van der Waals surface area contributed by atoms with Crippen molar-refractivity contribution in [1.29, 1.82) is 0 Å². The van der Waals surface area contributed by atoms with Gasteiger partial charge in [-0.15, -0.1) is 0 Å². The van der Waals surface area contributed by atoms with Crippen LogP contribution in [0.15, 0.2) is 91.0 Å². The molecule has 0 saturated carbocycles. The number of ether oxygens (including phenoxy) is 4. The predicted octanol–water partition coefficient (Wildman–Crippen LogP) is 5.34. The van der Waals surface area contributed by atoms with E-state index in [1.54, 1.807) is 57.2 Å². The van der Waals surface area contributed by atoms with E-state index >= 15 is 0 Å². The van der Waals surface area contributed by atoms with Crippen LogP contribution in [0.5, 0.6) is 0 Å². The zero-order chi connectivity index (χ0) is 35.6. The lowest BCUT2D eigenvalue weighted by atomic mass is 10.0. The van der Waals surface area contributed by atoms with Crippen molar-refractivity contribution in [2.45, 2.75) is 90.5 Å². The van der Waals surface area contributed by atoms with E-state index < -0.39 is 53.8 Å². The molecule has 0 heterocycles. The van der Waals surface area contributed by atoms with E-state index in [0.717, 1.165) is 16.7 Å². The Morgan fingerprint density at radius 2 is 1.00 bits per heavy atom. The molecular formula is C37H45N3O9. The predicted molar refractivity (Wildman–Crippen MR) is 181 cm³/mol. The minimum Gasteiger partial charge on any atom is -0.459 e. The van der Waals surface area contributed by atoms with Gasteiger partial charge >= 0.3 is 24.1 Å². The van der Waals surface area contributed by atoms with Crippen molar-refractivity contribution in [3.8, 4) is 0 Å². The molecule has 0 bridgehead atoms. The van der Waals surface area contributed by atoms with Crippen LogP contribution in [0, 0.1) is 0 Å². The summed E-state index contributed by atoms with van der Waals surface area (Å²) in [6.07, 6.45) is -1.42. The van der Waals surface area contributed by atoms with E-state index in [1.165, 1.54) is 6.92 Å². The first-order valence-electron chi connectivity index (χ1n) is 16.1. The molecule has 0 unspecified atom stereocenters. The molecule has 3 aromatic rings. The summed E-state index contributed by atoms with van der Waals surface area (Å²) in [7, 11) is 0. The Kier molecular flexibility index (Phi) is 15.1. The molecule has 49 heavy (non-hydrogen) atoms. The zero-order valence-electron chi connectivity index (χ0n) is 28.3. The molecule has 3 amide bonds. The summed E-state index contributed by atoms with van der Waals surface area (Å²) in [6, 6.07) is 23.9. The van der Waals surface area contributed by atoms with E-state index in [1.807, 2.05) is 54.6 Å². The SMILES string of the molecule is C[C@@H](NC(=O)[C@H](CCC[C@@H](NC(=O)OCc1ccccc1)C(=O)OCc1ccccc1)NC(=O)OC(C)(C)C)C(=O)OCc1ccccc1. The maximum atomic E-state index is 13.3. The molecule has 262 valence electrons. The highest BCUT2D eigenvalue weighted by atomic mass is 16.6. The highest BCUT2D eigenvalue weighted by Gasteiger charge is 2.29. The van der Waals surface area contributed by atoms with E-state index in [4.69, 9.17) is 18.9 Å². The first-order valence-corrected chi connectivity index (χ1v) is 16.1. The quantitative estimate of drug-likeness (QED) is 0.135. The minimum absolute atomic E-state index is 0.00746. The third kappa shape index (κ3) is 14.9. The molecule has 0 aliphatic carbocycles. The topological polar surface area (TPSA) is 158 Å². The summed E-state index contributed by atoms with van der Waals surface area (Å²) in [4.78, 5) is 64.4. The summed E-state index contributed by atoms with van der Waals surface area (Å²) in [5, 5.41) is 7.70. The molecule has 0 aliphatic rings. The van der Waals surface area contributed by atoms with Crippen molar-refractivity contribution in [2.24, 2.45) is 0 Å². The van der Waals surface area contributed by atoms with E-state index in [9.17, 15) is 24.0 Å². The van der Waals surface area contributed by atoms with Crippen molar-refractivity contribution in [2.75, 3.05) is 0 Å². The third-order valence-electron chi connectivity index (χ3n) is 6.94. The molecule has 0 fully saturated rings. The van der Waals surface area contributed by atoms with Gasteiger partial charge in [-0.1, -0.05) is 91.0 Å². The van der Waals surface area contributed by atoms with Gasteiger partial charge in [0.1, 0.15) is 43.5 Å². The number of carbonyl (C=O) groups is 5. The van der Waals surface area contributed by atoms with Gasteiger partial charge in [0.25, 0.3) is 0 Å². The van der Waals surface area contributed by atoms with Crippen LogP contribution in [0.25, 0.3) is 0 Å². The molecule has 12 nitrogen and oxygen atoms in total. The highest BCUT2D eigenvalue weighted by Crippen LogP contribution is 2.12. The fraction of sp³-hybridized carbons (Fsp3) is 0.378. The molecule has 12 heteroatoms. The monoisotopic (exact) mass is 675 g/mol. The average Bonchev–Trinajstić information content (AvgIpc) is 3.08. The lowest BCUT2D eigenvalue weighted by Gasteiger charge is -2.25. The van der Waals surface area contributed by atoms with Gasteiger partial charge in [0.15, 0.2) is 0 Å². The second-order valence-corrected chi connectivity index (χ2v) is 12.3. The minimum atomic E-state index is -1.15. The van der Waals surface area contributed by atoms with Crippen LogP contribution in [0.3, 0.4) is 0 Å². The second kappa shape index (κ2) is 19.4. The molecule has 3 atom stereocenters. The Bertz CT molecular complexity index is 1500. The average molecular weight is 676 g/mol. The number of nitrogens with one attached hydrogen (secondary N) is 3. The van der Waals surface area contributed by atoms with E-state index in [2.05, 4.69) is 16.0 Å². The molecule has 3 rings (SSSR count). The third-order valence-corrected chi connectivity index (χ3v) is 6.94. The number of hydrogen-bond acceptors (Lipinski definition) is 9. The van der Waals surface area contributed by atoms with Crippen LogP contribution < -0.4 is 16.0 Å². The summed E-state index contributed by atoms with van der Waals surface area (Å²) < 4.78 is 21.5. The van der Waals surface area contributed by atoms with Gasteiger partial charge in [-0.25, -0.2) is 19.2 Å². The Labute approximate surface area is 286 Å². The van der Waals surface area contributed by atoms with Gasteiger partial charge in [0, 0.05) is 0 Å². The van der Waals surface area contributed by atoms with Crippen LogP contribution in [0.2, 0.25) is 0 Å². The summed E-state index contributed by atoms with van der Waals surface area (Å²) in [5.41, 5.74) is 1.47. The van der Waals surface area contributed by atoms with Crippen LogP contribution in [-0.4, -0.2) is 53.8 Å². The van der Waals surface area contributed by atoms with Crippen molar-refractivity contribution in [1.82, 2.24) is 16.0 Å². The Morgan fingerprint density at radius 1 is 0.571 bits per heavy atom. The number of benzene rings is 3. The fourth-order valence-electron chi connectivity index (χ4n) is 4.46. The summed E-state index contributed by atoms with van der Waals surface area (Å²) in [6.45, 7) is 6.52. The lowest BCUT2D eigenvalue weighted by molar-refractivity contribution is -0.149. The molecule has 0 aromatic heterocycles. The molecule has 0 aliphatic heterocycles. The van der Waals surface area contributed by atoms with Gasteiger partial charge < -0.3 is 34.9 Å². The number of rotatable bonds is 16. The normalized spacial score (nSPS) is 12.7. The maximum Gasteiger partial charge on any atom is 0.408 e. The second-order valence-electron chi connectivity index (χ2n) is 12.3. The highest BCUT2D eigenvalue weighted by molar-refractivity contribution is 5.89. The largest absolute Gasteiger partial charge is 0.459 e.